The normalized spacial score (nSPS) is 24.0. The van der Waals surface area contributed by atoms with Gasteiger partial charge in [0.1, 0.15) is 10.9 Å². The zero-order valence-electron chi connectivity index (χ0n) is 15.8. The Morgan fingerprint density at radius 2 is 1.96 bits per heavy atom. The van der Waals surface area contributed by atoms with E-state index in [4.69, 9.17) is 4.74 Å². The minimum absolute atomic E-state index is 0.234. The van der Waals surface area contributed by atoms with Gasteiger partial charge in [0.05, 0.1) is 4.83 Å². The molecule has 148 valence electrons. The van der Waals surface area contributed by atoms with Gasteiger partial charge in [-0.1, -0.05) is 100 Å². The molecule has 1 aliphatic rings. The lowest BCUT2D eigenvalue weighted by atomic mass is 9.77. The Labute approximate surface area is 178 Å². The van der Waals surface area contributed by atoms with Gasteiger partial charge in [0.2, 0.25) is 5.60 Å². The fourth-order valence-electron chi connectivity index (χ4n) is 3.20. The standard InChI is InChI=1S/C21H27Br2NO3/c1-3-14-24(4-2)15-16-27-19(25)21(26,17-10-6-5-7-11-17)20(23)13-9-8-12-18(20)22/h5-13,18,26H,3-4,14-16H2,1-2H3/t18-,20+,21-/m0/s1. The van der Waals surface area contributed by atoms with Crippen molar-refractivity contribution < 1.29 is 14.6 Å². The number of rotatable bonds is 9. The summed E-state index contributed by atoms with van der Waals surface area (Å²) in [5, 5.41) is 11.7. The molecule has 0 saturated heterocycles. The molecule has 6 heteroatoms. The highest BCUT2D eigenvalue weighted by atomic mass is 79.9. The molecule has 3 atom stereocenters. The van der Waals surface area contributed by atoms with E-state index in [1.165, 1.54) is 0 Å². The summed E-state index contributed by atoms with van der Waals surface area (Å²) in [5.41, 5.74) is -1.40. The molecule has 0 amide bonds. The molecule has 0 radical (unpaired) electrons. The van der Waals surface area contributed by atoms with E-state index >= 15 is 0 Å². The van der Waals surface area contributed by atoms with Crippen LogP contribution in [0.5, 0.6) is 0 Å². The van der Waals surface area contributed by atoms with Crippen molar-refractivity contribution in [2.75, 3.05) is 26.2 Å². The topological polar surface area (TPSA) is 49.8 Å². The molecule has 0 aromatic heterocycles. The minimum Gasteiger partial charge on any atom is -0.462 e. The third-order valence-corrected chi connectivity index (χ3v) is 7.77. The van der Waals surface area contributed by atoms with Gasteiger partial charge in [-0.2, -0.15) is 0 Å². The van der Waals surface area contributed by atoms with Crippen LogP contribution in [0, 0.1) is 0 Å². The predicted molar refractivity (Wildman–Crippen MR) is 116 cm³/mol. The van der Waals surface area contributed by atoms with E-state index in [-0.39, 0.29) is 11.4 Å². The number of allylic oxidation sites excluding steroid dienone is 3. The Bertz CT molecular complexity index is 679. The number of hydrogen-bond acceptors (Lipinski definition) is 4. The van der Waals surface area contributed by atoms with E-state index in [1.54, 1.807) is 30.3 Å². The molecule has 0 saturated carbocycles. The van der Waals surface area contributed by atoms with Crippen LogP contribution in [0.25, 0.3) is 0 Å². The Balaban J connectivity index is 2.27. The van der Waals surface area contributed by atoms with E-state index < -0.39 is 15.9 Å². The number of benzene rings is 1. The van der Waals surface area contributed by atoms with Crippen LogP contribution in [0.4, 0.5) is 0 Å². The van der Waals surface area contributed by atoms with Gasteiger partial charge < -0.3 is 14.7 Å². The lowest BCUT2D eigenvalue weighted by Crippen LogP contribution is -2.57. The Morgan fingerprint density at radius 1 is 1.26 bits per heavy atom. The summed E-state index contributed by atoms with van der Waals surface area (Å²) in [6.45, 7) is 6.93. The summed E-state index contributed by atoms with van der Waals surface area (Å²) in [4.78, 5) is 15.1. The molecule has 0 spiro atoms. The number of aliphatic hydroxyl groups is 1. The van der Waals surface area contributed by atoms with E-state index in [0.29, 0.717) is 12.1 Å². The number of halogens is 2. The number of nitrogens with zero attached hydrogens (tertiary/aromatic N) is 1. The summed E-state index contributed by atoms with van der Waals surface area (Å²) in [6, 6.07) is 8.94. The van der Waals surface area contributed by atoms with E-state index in [1.807, 2.05) is 24.3 Å². The Kier molecular flexibility index (Phi) is 8.28. The molecule has 0 heterocycles. The molecule has 0 aliphatic heterocycles. The zero-order chi connectivity index (χ0) is 19.9. The third kappa shape index (κ3) is 4.73. The highest BCUT2D eigenvalue weighted by molar-refractivity contribution is 9.12. The second-order valence-corrected chi connectivity index (χ2v) is 8.86. The van der Waals surface area contributed by atoms with Crippen LogP contribution in [0.15, 0.2) is 54.6 Å². The van der Waals surface area contributed by atoms with Crippen molar-refractivity contribution >= 4 is 37.8 Å². The number of ether oxygens (including phenoxy) is 1. The molecule has 2 rings (SSSR count). The predicted octanol–water partition coefficient (Wildman–Crippen LogP) is 4.17. The van der Waals surface area contributed by atoms with E-state index in [0.717, 1.165) is 19.5 Å². The SMILES string of the molecule is CCCN(CC)CCOC(=O)[C@@](O)(c1ccccc1)[C@@]1(Br)C=CC=C[C@@H]1Br. The first-order valence-electron chi connectivity index (χ1n) is 9.26. The Hall–Kier alpha value is -0.950. The van der Waals surface area contributed by atoms with E-state index in [9.17, 15) is 9.90 Å². The molecule has 1 aromatic carbocycles. The summed E-state index contributed by atoms with van der Waals surface area (Å²) in [6.07, 6.45) is 8.40. The van der Waals surface area contributed by atoms with Crippen LogP contribution in [0.3, 0.4) is 0 Å². The first kappa shape index (κ1) is 22.3. The summed E-state index contributed by atoms with van der Waals surface area (Å²) in [5.74, 6) is -0.664. The average Bonchev–Trinajstić information content (AvgIpc) is 2.69. The maximum atomic E-state index is 13.1. The Morgan fingerprint density at radius 3 is 2.56 bits per heavy atom. The van der Waals surface area contributed by atoms with Crippen molar-refractivity contribution in [3.8, 4) is 0 Å². The highest BCUT2D eigenvalue weighted by Crippen LogP contribution is 2.48. The van der Waals surface area contributed by atoms with Gasteiger partial charge in [0.25, 0.3) is 0 Å². The van der Waals surface area contributed by atoms with Gasteiger partial charge in [0, 0.05) is 6.54 Å². The number of hydrogen-bond donors (Lipinski definition) is 1. The van der Waals surface area contributed by atoms with Crippen LogP contribution in [-0.2, 0) is 15.1 Å². The van der Waals surface area contributed by atoms with Crippen molar-refractivity contribution in [2.45, 2.75) is 35.0 Å². The van der Waals surface area contributed by atoms with Gasteiger partial charge in [-0.15, -0.1) is 0 Å². The van der Waals surface area contributed by atoms with Crippen molar-refractivity contribution in [2.24, 2.45) is 0 Å². The molecule has 0 unspecified atom stereocenters. The fraction of sp³-hybridized carbons (Fsp3) is 0.476. The van der Waals surface area contributed by atoms with Gasteiger partial charge in [-0.3, -0.25) is 0 Å². The van der Waals surface area contributed by atoms with Gasteiger partial charge in [-0.25, -0.2) is 4.79 Å². The highest BCUT2D eigenvalue weighted by Gasteiger charge is 2.58. The number of carbonyl (C=O) groups excluding carboxylic acids is 1. The third-order valence-electron chi connectivity index (χ3n) is 4.80. The molecular formula is C21H27Br2NO3. The first-order chi connectivity index (χ1) is 12.9. The largest absolute Gasteiger partial charge is 0.462 e. The quantitative estimate of drug-likeness (QED) is 0.408. The van der Waals surface area contributed by atoms with Gasteiger partial charge >= 0.3 is 5.97 Å². The van der Waals surface area contributed by atoms with E-state index in [2.05, 4.69) is 50.6 Å². The smallest absolute Gasteiger partial charge is 0.344 e. The molecular weight excluding hydrogens is 474 g/mol. The fourth-order valence-corrected chi connectivity index (χ4v) is 4.56. The van der Waals surface area contributed by atoms with Crippen LogP contribution in [0.2, 0.25) is 0 Å². The summed E-state index contributed by atoms with van der Waals surface area (Å²) >= 11 is 7.21. The molecule has 1 N–H and O–H groups in total. The minimum atomic E-state index is -1.88. The number of carbonyl (C=O) groups is 1. The van der Waals surface area contributed by atoms with Gasteiger partial charge in [-0.05, 0) is 25.1 Å². The lowest BCUT2D eigenvalue weighted by Gasteiger charge is -2.43. The summed E-state index contributed by atoms with van der Waals surface area (Å²) < 4.78 is 4.50. The molecule has 0 fully saturated rings. The number of alkyl halides is 2. The van der Waals surface area contributed by atoms with Crippen molar-refractivity contribution in [1.29, 1.82) is 0 Å². The van der Waals surface area contributed by atoms with Crippen molar-refractivity contribution in [3.05, 3.63) is 60.2 Å². The monoisotopic (exact) mass is 499 g/mol. The molecule has 1 aromatic rings. The number of likely N-dealkylation sites (N-methyl/N-ethyl adjacent to an activating group) is 1. The number of esters is 1. The van der Waals surface area contributed by atoms with Crippen LogP contribution >= 0.6 is 31.9 Å². The van der Waals surface area contributed by atoms with Crippen molar-refractivity contribution in [1.82, 2.24) is 4.90 Å². The molecule has 1 aliphatic carbocycles. The zero-order valence-corrected chi connectivity index (χ0v) is 18.9. The first-order valence-corrected chi connectivity index (χ1v) is 11.0. The maximum Gasteiger partial charge on any atom is 0.344 e. The summed E-state index contributed by atoms with van der Waals surface area (Å²) in [7, 11) is 0. The maximum absolute atomic E-state index is 13.1. The second-order valence-electron chi connectivity index (χ2n) is 6.56. The van der Waals surface area contributed by atoms with Crippen LogP contribution in [-0.4, -0.2) is 51.4 Å². The average molecular weight is 501 g/mol. The van der Waals surface area contributed by atoms with Crippen LogP contribution < -0.4 is 0 Å². The molecule has 27 heavy (non-hydrogen) atoms. The second kappa shape index (κ2) is 10.0. The molecule has 4 nitrogen and oxygen atoms in total. The van der Waals surface area contributed by atoms with Crippen molar-refractivity contribution in [3.63, 3.8) is 0 Å². The van der Waals surface area contributed by atoms with Crippen LogP contribution in [0.1, 0.15) is 25.8 Å². The molecule has 0 bridgehead atoms. The van der Waals surface area contributed by atoms with Gasteiger partial charge in [0.15, 0.2) is 0 Å². The lowest BCUT2D eigenvalue weighted by molar-refractivity contribution is -0.169.